The Labute approximate surface area is 187 Å². The number of rotatable bonds is 4. The first kappa shape index (κ1) is 20.3. The molecule has 3 aliphatic heterocycles. The van der Waals surface area contributed by atoms with Crippen LogP contribution in [0.4, 0.5) is 5.69 Å². The number of fused-ring (bicyclic) bond motifs is 1. The normalized spacial score (nSPS) is 18.9. The minimum Gasteiger partial charge on any atom is -0.493 e. The molecular weight excluding hydrogens is 414 g/mol. The van der Waals surface area contributed by atoms with Gasteiger partial charge in [0.1, 0.15) is 5.75 Å². The highest BCUT2D eigenvalue weighted by molar-refractivity contribution is 6.31. The fourth-order valence-corrected chi connectivity index (χ4v) is 4.85. The third-order valence-corrected chi connectivity index (χ3v) is 6.61. The van der Waals surface area contributed by atoms with E-state index in [4.69, 9.17) is 16.3 Å². The van der Waals surface area contributed by atoms with Gasteiger partial charge >= 0.3 is 0 Å². The average molecular weight is 440 g/mol. The second-order valence-corrected chi connectivity index (χ2v) is 8.86. The maximum atomic E-state index is 13.3. The van der Waals surface area contributed by atoms with Crippen LogP contribution in [-0.4, -0.2) is 60.9 Å². The molecule has 3 heterocycles. The van der Waals surface area contributed by atoms with E-state index in [0.717, 1.165) is 44.8 Å². The number of ether oxygens (including phenoxy) is 1. The van der Waals surface area contributed by atoms with Crippen LogP contribution in [0.2, 0.25) is 5.02 Å². The topological polar surface area (TPSA) is 53.1 Å². The Bertz CT molecular complexity index is 1020. The van der Waals surface area contributed by atoms with Gasteiger partial charge in [-0.15, -0.1) is 0 Å². The van der Waals surface area contributed by atoms with Gasteiger partial charge in [0.25, 0.3) is 5.91 Å². The lowest BCUT2D eigenvalue weighted by Crippen LogP contribution is -2.48. The van der Waals surface area contributed by atoms with E-state index in [0.29, 0.717) is 42.3 Å². The monoisotopic (exact) mass is 439 g/mol. The van der Waals surface area contributed by atoms with Crippen molar-refractivity contribution >= 4 is 29.1 Å². The molecule has 3 aliphatic rings. The molecule has 5 rings (SSSR count). The number of amides is 2. The van der Waals surface area contributed by atoms with Gasteiger partial charge in [0, 0.05) is 57.1 Å². The lowest BCUT2D eigenvalue weighted by atomic mass is 10.1. The molecule has 0 radical (unpaired) electrons. The smallest absolute Gasteiger partial charge is 0.256 e. The summed E-state index contributed by atoms with van der Waals surface area (Å²) in [5.74, 6) is 1.04. The molecule has 7 heteroatoms. The van der Waals surface area contributed by atoms with Crippen LogP contribution < -0.4 is 9.64 Å². The molecule has 0 aliphatic carbocycles. The molecule has 2 aromatic rings. The van der Waals surface area contributed by atoms with E-state index in [1.165, 1.54) is 11.1 Å². The number of anilines is 1. The van der Waals surface area contributed by atoms with Gasteiger partial charge in [0.05, 0.1) is 17.9 Å². The number of hydrogen-bond acceptors (Lipinski definition) is 4. The zero-order valence-corrected chi connectivity index (χ0v) is 18.2. The third kappa shape index (κ3) is 4.14. The van der Waals surface area contributed by atoms with E-state index < -0.39 is 0 Å². The lowest BCUT2D eigenvalue weighted by molar-refractivity contribution is -0.117. The van der Waals surface area contributed by atoms with Crippen LogP contribution in [-0.2, 0) is 17.8 Å². The average Bonchev–Trinajstić information content (AvgIpc) is 3.42. The zero-order chi connectivity index (χ0) is 21.4. The van der Waals surface area contributed by atoms with Crippen LogP contribution in [0.25, 0.3) is 0 Å². The number of carbonyl (C=O) groups excluding carboxylic acids is 2. The van der Waals surface area contributed by atoms with E-state index in [-0.39, 0.29) is 11.8 Å². The highest BCUT2D eigenvalue weighted by Crippen LogP contribution is 2.30. The Kier molecular flexibility index (Phi) is 5.59. The van der Waals surface area contributed by atoms with E-state index in [9.17, 15) is 9.59 Å². The van der Waals surface area contributed by atoms with Crippen molar-refractivity contribution in [1.29, 1.82) is 0 Å². The predicted molar refractivity (Wildman–Crippen MR) is 120 cm³/mol. The molecule has 0 saturated carbocycles. The molecule has 6 nitrogen and oxygen atoms in total. The minimum absolute atomic E-state index is 0.0271. The molecule has 0 unspecified atom stereocenters. The van der Waals surface area contributed by atoms with Crippen molar-refractivity contribution in [3.05, 3.63) is 58.1 Å². The van der Waals surface area contributed by atoms with Crippen LogP contribution in [0.1, 0.15) is 34.3 Å². The van der Waals surface area contributed by atoms with E-state index in [2.05, 4.69) is 23.1 Å². The summed E-state index contributed by atoms with van der Waals surface area (Å²) >= 11 is 6.19. The molecule has 2 fully saturated rings. The van der Waals surface area contributed by atoms with Crippen LogP contribution >= 0.6 is 11.6 Å². The van der Waals surface area contributed by atoms with Gasteiger partial charge in [0.2, 0.25) is 5.91 Å². The second-order valence-electron chi connectivity index (χ2n) is 8.42. The first-order chi connectivity index (χ1) is 15.1. The van der Waals surface area contributed by atoms with Gasteiger partial charge in [-0.3, -0.25) is 14.5 Å². The number of benzene rings is 2. The molecule has 0 aromatic heterocycles. The fourth-order valence-electron chi connectivity index (χ4n) is 4.69. The molecule has 31 heavy (non-hydrogen) atoms. The summed E-state index contributed by atoms with van der Waals surface area (Å²) < 4.78 is 5.60. The molecule has 162 valence electrons. The molecule has 2 amide bonds. The first-order valence-corrected chi connectivity index (χ1v) is 11.3. The number of hydrogen-bond donors (Lipinski definition) is 0. The number of piperazine rings is 1. The quantitative estimate of drug-likeness (QED) is 0.733. The van der Waals surface area contributed by atoms with Crippen molar-refractivity contribution < 1.29 is 14.3 Å². The third-order valence-electron chi connectivity index (χ3n) is 6.37. The summed E-state index contributed by atoms with van der Waals surface area (Å²) in [5.41, 5.74) is 3.78. The molecule has 2 aromatic carbocycles. The van der Waals surface area contributed by atoms with Crippen LogP contribution in [0.5, 0.6) is 5.75 Å². The van der Waals surface area contributed by atoms with Crippen molar-refractivity contribution in [3.8, 4) is 5.75 Å². The van der Waals surface area contributed by atoms with Gasteiger partial charge in [-0.2, -0.15) is 0 Å². The number of carbonyl (C=O) groups is 2. The van der Waals surface area contributed by atoms with Gasteiger partial charge in [-0.25, -0.2) is 0 Å². The van der Waals surface area contributed by atoms with Crippen LogP contribution in [0, 0.1) is 0 Å². The maximum absolute atomic E-state index is 13.3. The minimum atomic E-state index is -0.0271. The predicted octanol–water partition coefficient (Wildman–Crippen LogP) is 3.36. The van der Waals surface area contributed by atoms with Crippen LogP contribution in [0.3, 0.4) is 0 Å². The Balaban J connectivity index is 1.25. The molecular formula is C24H26ClN3O3. The summed E-state index contributed by atoms with van der Waals surface area (Å²) in [4.78, 5) is 31.5. The van der Waals surface area contributed by atoms with Crippen molar-refractivity contribution in [2.45, 2.75) is 25.8 Å². The van der Waals surface area contributed by atoms with Gasteiger partial charge in [0.15, 0.2) is 0 Å². The zero-order valence-electron chi connectivity index (χ0n) is 17.5. The highest BCUT2D eigenvalue weighted by atomic mass is 35.5. The van der Waals surface area contributed by atoms with Crippen LogP contribution in [0.15, 0.2) is 36.4 Å². The number of nitrogens with zero attached hydrogens (tertiary/aromatic N) is 3. The van der Waals surface area contributed by atoms with Crippen molar-refractivity contribution in [2.24, 2.45) is 0 Å². The standard InChI is InChI=1S/C24H26ClN3O3/c25-19-4-5-20(21(15-19)28-8-1-2-23(28)29)24(30)27-11-9-26(10-12-27)16-17-3-6-22-18(14-17)7-13-31-22/h3-6,14-15H,1-2,7-13,16H2. The van der Waals surface area contributed by atoms with Gasteiger partial charge in [-0.1, -0.05) is 23.7 Å². The van der Waals surface area contributed by atoms with Crippen molar-refractivity contribution in [2.75, 3.05) is 44.2 Å². The van der Waals surface area contributed by atoms with Gasteiger partial charge < -0.3 is 14.5 Å². The molecule has 0 bridgehead atoms. The SMILES string of the molecule is O=C(c1ccc(Cl)cc1N1CCCC1=O)N1CCN(Cc2ccc3c(c2)CCO3)CC1. The summed E-state index contributed by atoms with van der Waals surface area (Å²) in [6.07, 6.45) is 2.31. The Morgan fingerprint density at radius 3 is 2.61 bits per heavy atom. The Morgan fingerprint density at radius 2 is 1.84 bits per heavy atom. The summed E-state index contributed by atoms with van der Waals surface area (Å²) in [5, 5.41) is 0.538. The van der Waals surface area contributed by atoms with Crippen molar-refractivity contribution in [1.82, 2.24) is 9.80 Å². The van der Waals surface area contributed by atoms with E-state index >= 15 is 0 Å². The van der Waals surface area contributed by atoms with E-state index in [1.54, 1.807) is 23.1 Å². The lowest BCUT2D eigenvalue weighted by Gasteiger charge is -2.35. The summed E-state index contributed by atoms with van der Waals surface area (Å²) in [6, 6.07) is 11.7. The largest absolute Gasteiger partial charge is 0.493 e. The molecule has 0 N–H and O–H groups in total. The molecule has 0 spiro atoms. The molecule has 2 saturated heterocycles. The molecule has 0 atom stereocenters. The number of halogens is 1. The summed E-state index contributed by atoms with van der Waals surface area (Å²) in [7, 11) is 0. The summed E-state index contributed by atoms with van der Waals surface area (Å²) in [6.45, 7) is 5.28. The maximum Gasteiger partial charge on any atom is 0.256 e. The highest BCUT2D eigenvalue weighted by Gasteiger charge is 2.29. The van der Waals surface area contributed by atoms with Crippen molar-refractivity contribution in [3.63, 3.8) is 0 Å². The Morgan fingerprint density at radius 1 is 1.00 bits per heavy atom. The first-order valence-electron chi connectivity index (χ1n) is 10.9. The van der Waals surface area contributed by atoms with E-state index in [1.807, 2.05) is 4.90 Å². The van der Waals surface area contributed by atoms with Gasteiger partial charge in [-0.05, 0) is 41.8 Å². The Hall–Kier alpha value is -2.57. The second kappa shape index (κ2) is 8.52. The fraction of sp³-hybridized carbons (Fsp3) is 0.417.